The van der Waals surface area contributed by atoms with Crippen LogP contribution in [-0.2, 0) is 0 Å². The highest BCUT2D eigenvalue weighted by molar-refractivity contribution is 5.81. The third-order valence-corrected chi connectivity index (χ3v) is 3.30. The van der Waals surface area contributed by atoms with Crippen LogP contribution in [0.4, 0.5) is 11.5 Å². The highest BCUT2D eigenvalue weighted by Gasteiger charge is 2.11. The number of ether oxygens (including phenoxy) is 1. The fourth-order valence-electron chi connectivity index (χ4n) is 2.13. The summed E-state index contributed by atoms with van der Waals surface area (Å²) < 4.78 is 5.24. The van der Waals surface area contributed by atoms with Crippen molar-refractivity contribution < 1.29 is 4.74 Å². The Kier molecular flexibility index (Phi) is 3.13. The molecule has 3 N–H and O–H groups in total. The van der Waals surface area contributed by atoms with Crippen LogP contribution < -0.4 is 15.4 Å². The number of nitrogens with zero attached hydrogens (tertiary/aromatic N) is 3. The molecule has 0 unspecified atom stereocenters. The van der Waals surface area contributed by atoms with Gasteiger partial charge in [0.25, 0.3) is 0 Å². The molecule has 0 aliphatic carbocycles. The lowest BCUT2D eigenvalue weighted by atomic mass is 10.1. The molecule has 21 heavy (non-hydrogen) atoms. The molecule has 6 nitrogen and oxygen atoms in total. The van der Waals surface area contributed by atoms with E-state index < -0.39 is 0 Å². The number of hydrogen-bond donors (Lipinski definition) is 2. The number of benzene rings is 1. The lowest BCUT2D eigenvalue weighted by Gasteiger charge is -2.09. The number of H-pyrrole nitrogens is 1. The molecule has 0 spiro atoms. The van der Waals surface area contributed by atoms with Crippen molar-refractivity contribution in [2.24, 2.45) is 0 Å². The van der Waals surface area contributed by atoms with Crippen LogP contribution in [0.3, 0.4) is 0 Å². The van der Waals surface area contributed by atoms with E-state index in [4.69, 9.17) is 10.5 Å². The van der Waals surface area contributed by atoms with E-state index in [9.17, 15) is 0 Å². The molecule has 0 aliphatic rings. The standard InChI is InChI=1S/C15H17N5O/c1-20(2)13-7-6-12-15(18-13)19-14(17-12)10-8-9(21-3)4-5-11(10)16/h4-8H,16H2,1-3H3,(H,17,18,19). The van der Waals surface area contributed by atoms with Gasteiger partial charge in [0.2, 0.25) is 0 Å². The molecule has 0 aliphatic heterocycles. The first-order valence-corrected chi connectivity index (χ1v) is 6.56. The molecule has 0 saturated heterocycles. The van der Waals surface area contributed by atoms with Gasteiger partial charge >= 0.3 is 0 Å². The first kappa shape index (κ1) is 13.2. The molecule has 1 aromatic carbocycles. The molecule has 6 heteroatoms. The summed E-state index contributed by atoms with van der Waals surface area (Å²) in [7, 11) is 5.52. The molecular weight excluding hydrogens is 266 g/mol. The van der Waals surface area contributed by atoms with Gasteiger partial charge in [-0.15, -0.1) is 0 Å². The predicted molar refractivity (Wildman–Crippen MR) is 84.6 cm³/mol. The van der Waals surface area contributed by atoms with Gasteiger partial charge in [-0.05, 0) is 30.3 Å². The van der Waals surface area contributed by atoms with Gasteiger partial charge in [-0.1, -0.05) is 0 Å². The summed E-state index contributed by atoms with van der Waals surface area (Å²) in [5.41, 5.74) is 9.02. The second kappa shape index (κ2) is 4.97. The van der Waals surface area contributed by atoms with Crippen LogP contribution in [-0.4, -0.2) is 36.2 Å². The van der Waals surface area contributed by atoms with Crippen LogP contribution >= 0.6 is 0 Å². The Morgan fingerprint density at radius 2 is 1.95 bits per heavy atom. The van der Waals surface area contributed by atoms with E-state index in [-0.39, 0.29) is 0 Å². The first-order valence-electron chi connectivity index (χ1n) is 6.56. The van der Waals surface area contributed by atoms with Crippen LogP contribution in [0.2, 0.25) is 0 Å². The highest BCUT2D eigenvalue weighted by Crippen LogP contribution is 2.29. The predicted octanol–water partition coefficient (Wildman–Crippen LogP) is 2.28. The molecule has 0 bridgehead atoms. The SMILES string of the molecule is COc1ccc(N)c(-c2nc3nc(N(C)C)ccc3[nH]2)c1. The summed E-state index contributed by atoms with van der Waals surface area (Å²) in [5, 5.41) is 0. The number of hydrogen-bond acceptors (Lipinski definition) is 5. The number of nitrogen functional groups attached to an aromatic ring is 1. The number of pyridine rings is 1. The second-order valence-electron chi connectivity index (χ2n) is 4.97. The number of nitrogens with two attached hydrogens (primary N) is 1. The fourth-order valence-corrected chi connectivity index (χ4v) is 2.13. The molecular formula is C15H17N5O. The monoisotopic (exact) mass is 283 g/mol. The lowest BCUT2D eigenvalue weighted by Crippen LogP contribution is -2.10. The number of anilines is 2. The van der Waals surface area contributed by atoms with E-state index in [0.29, 0.717) is 17.2 Å². The van der Waals surface area contributed by atoms with Gasteiger partial charge in [0.15, 0.2) is 5.65 Å². The molecule has 2 heterocycles. The minimum Gasteiger partial charge on any atom is -0.497 e. The van der Waals surface area contributed by atoms with Crippen molar-refractivity contribution in [1.82, 2.24) is 15.0 Å². The molecule has 3 rings (SSSR count). The maximum Gasteiger partial charge on any atom is 0.180 e. The van der Waals surface area contributed by atoms with Crippen molar-refractivity contribution in [2.75, 3.05) is 31.8 Å². The average Bonchev–Trinajstić information content (AvgIpc) is 2.90. The Morgan fingerprint density at radius 3 is 2.67 bits per heavy atom. The lowest BCUT2D eigenvalue weighted by molar-refractivity contribution is 0.415. The third kappa shape index (κ3) is 2.35. The molecule has 0 saturated carbocycles. The molecule has 0 amide bonds. The van der Waals surface area contributed by atoms with Gasteiger partial charge in [0, 0.05) is 25.3 Å². The van der Waals surface area contributed by atoms with Gasteiger partial charge < -0.3 is 20.4 Å². The number of aromatic nitrogens is 3. The van der Waals surface area contributed by atoms with Crippen molar-refractivity contribution in [3.63, 3.8) is 0 Å². The van der Waals surface area contributed by atoms with Gasteiger partial charge in [0.05, 0.1) is 12.6 Å². The first-order chi connectivity index (χ1) is 10.1. The minimum atomic E-state index is 0.641. The Labute approximate surface area is 122 Å². The van der Waals surface area contributed by atoms with E-state index in [2.05, 4.69) is 15.0 Å². The number of imidazole rings is 1. The normalized spacial score (nSPS) is 10.8. The van der Waals surface area contributed by atoms with E-state index in [1.807, 2.05) is 43.3 Å². The van der Waals surface area contributed by atoms with Crippen molar-refractivity contribution in [3.8, 4) is 17.1 Å². The van der Waals surface area contributed by atoms with E-state index in [0.717, 1.165) is 22.6 Å². The Bertz CT molecular complexity index is 794. The third-order valence-electron chi connectivity index (χ3n) is 3.30. The molecule has 0 atom stereocenters. The minimum absolute atomic E-state index is 0.641. The molecule has 108 valence electrons. The summed E-state index contributed by atoms with van der Waals surface area (Å²) in [5.74, 6) is 2.28. The van der Waals surface area contributed by atoms with Gasteiger partial charge in [-0.25, -0.2) is 9.97 Å². The Balaban J connectivity index is 2.13. The van der Waals surface area contributed by atoms with Crippen LogP contribution in [0.1, 0.15) is 0 Å². The zero-order valence-electron chi connectivity index (χ0n) is 12.2. The number of methoxy groups -OCH3 is 1. The summed E-state index contributed by atoms with van der Waals surface area (Å²) in [6.07, 6.45) is 0. The smallest absolute Gasteiger partial charge is 0.180 e. The van der Waals surface area contributed by atoms with Crippen molar-refractivity contribution in [2.45, 2.75) is 0 Å². The Morgan fingerprint density at radius 1 is 1.14 bits per heavy atom. The summed E-state index contributed by atoms with van der Waals surface area (Å²) in [6, 6.07) is 9.40. The Hall–Kier alpha value is -2.76. The summed E-state index contributed by atoms with van der Waals surface area (Å²) >= 11 is 0. The average molecular weight is 283 g/mol. The largest absolute Gasteiger partial charge is 0.497 e. The number of rotatable bonds is 3. The molecule has 0 radical (unpaired) electrons. The summed E-state index contributed by atoms with van der Waals surface area (Å²) in [6.45, 7) is 0. The maximum atomic E-state index is 6.03. The fraction of sp³-hybridized carbons (Fsp3) is 0.200. The number of aromatic amines is 1. The van der Waals surface area contributed by atoms with Gasteiger partial charge in [-0.2, -0.15) is 0 Å². The van der Waals surface area contributed by atoms with Crippen LogP contribution in [0.15, 0.2) is 30.3 Å². The quantitative estimate of drug-likeness (QED) is 0.721. The highest BCUT2D eigenvalue weighted by atomic mass is 16.5. The zero-order chi connectivity index (χ0) is 15.0. The molecule has 3 aromatic rings. The van der Waals surface area contributed by atoms with Crippen LogP contribution in [0.5, 0.6) is 5.75 Å². The van der Waals surface area contributed by atoms with E-state index in [1.54, 1.807) is 13.2 Å². The topological polar surface area (TPSA) is 80.1 Å². The van der Waals surface area contributed by atoms with E-state index in [1.165, 1.54) is 0 Å². The second-order valence-corrected chi connectivity index (χ2v) is 4.97. The molecule has 2 aromatic heterocycles. The van der Waals surface area contributed by atoms with Crippen LogP contribution in [0, 0.1) is 0 Å². The number of nitrogens with one attached hydrogen (secondary N) is 1. The number of fused-ring (bicyclic) bond motifs is 1. The van der Waals surface area contributed by atoms with E-state index >= 15 is 0 Å². The van der Waals surface area contributed by atoms with Crippen molar-refractivity contribution >= 4 is 22.7 Å². The van der Waals surface area contributed by atoms with Crippen molar-refractivity contribution in [1.29, 1.82) is 0 Å². The zero-order valence-corrected chi connectivity index (χ0v) is 12.2. The maximum absolute atomic E-state index is 6.03. The van der Waals surface area contributed by atoms with Gasteiger partial charge in [0.1, 0.15) is 17.4 Å². The molecule has 0 fully saturated rings. The van der Waals surface area contributed by atoms with Crippen LogP contribution in [0.25, 0.3) is 22.6 Å². The summed E-state index contributed by atoms with van der Waals surface area (Å²) in [4.78, 5) is 14.2. The van der Waals surface area contributed by atoms with Crippen molar-refractivity contribution in [3.05, 3.63) is 30.3 Å². The van der Waals surface area contributed by atoms with Gasteiger partial charge in [-0.3, -0.25) is 0 Å².